The van der Waals surface area contributed by atoms with Crippen molar-refractivity contribution >= 4 is 33.4 Å². The molecule has 0 unspecified atom stereocenters. The number of nitriles is 1. The zero-order valence-electron chi connectivity index (χ0n) is 27.2. The Morgan fingerprint density at radius 3 is 2.57 bits per heavy atom. The van der Waals surface area contributed by atoms with Gasteiger partial charge in [-0.05, 0) is 79.2 Å². The summed E-state index contributed by atoms with van der Waals surface area (Å²) in [7, 11) is 0. The minimum absolute atomic E-state index is 0.0261. The van der Waals surface area contributed by atoms with E-state index in [4.69, 9.17) is 4.74 Å². The molecule has 3 fully saturated rings. The lowest BCUT2D eigenvalue weighted by atomic mass is 9.92. The lowest BCUT2D eigenvalue weighted by Gasteiger charge is -2.41. The number of ether oxygens (including phenoxy) is 1. The molecule has 8 nitrogen and oxygen atoms in total. The number of amides is 1. The third kappa shape index (κ3) is 5.63. The van der Waals surface area contributed by atoms with Gasteiger partial charge in [-0.15, -0.1) is 0 Å². The Bertz CT molecular complexity index is 2020. The van der Waals surface area contributed by atoms with Gasteiger partial charge < -0.3 is 14.5 Å². The number of halogens is 4. The first kappa shape index (κ1) is 32.8. The number of hydrogen-bond donors (Lipinski definition) is 0. The molecule has 0 radical (unpaired) electrons. The van der Waals surface area contributed by atoms with Crippen molar-refractivity contribution in [2.45, 2.75) is 57.0 Å². The second-order valence-electron chi connectivity index (χ2n) is 13.1. The molecule has 0 bridgehead atoms. The zero-order valence-corrected chi connectivity index (χ0v) is 27.2. The second kappa shape index (κ2) is 12.9. The molecule has 49 heavy (non-hydrogen) atoms. The van der Waals surface area contributed by atoms with Crippen LogP contribution < -0.4 is 9.64 Å². The molecule has 7 rings (SSSR count). The summed E-state index contributed by atoms with van der Waals surface area (Å²) in [4.78, 5) is 27.2. The minimum atomic E-state index is -1.14. The van der Waals surface area contributed by atoms with Gasteiger partial charge in [0.25, 0.3) is 5.91 Å². The van der Waals surface area contributed by atoms with E-state index in [2.05, 4.69) is 21.4 Å². The summed E-state index contributed by atoms with van der Waals surface area (Å²) in [6.45, 7) is 7.37. The van der Waals surface area contributed by atoms with Crippen LogP contribution in [0.4, 0.5) is 23.4 Å². The van der Waals surface area contributed by atoms with E-state index < -0.39 is 35.2 Å². The number of hydrogen-bond acceptors (Lipinski definition) is 7. The van der Waals surface area contributed by atoms with Crippen molar-refractivity contribution in [3.8, 4) is 23.2 Å². The van der Waals surface area contributed by atoms with Crippen LogP contribution in [0.1, 0.15) is 44.6 Å². The Morgan fingerprint density at radius 2 is 1.86 bits per heavy atom. The summed E-state index contributed by atoms with van der Waals surface area (Å²) >= 11 is 0. The fourth-order valence-electron chi connectivity index (χ4n) is 8.11. The first-order chi connectivity index (χ1) is 23.7. The van der Waals surface area contributed by atoms with Gasteiger partial charge in [-0.3, -0.25) is 9.69 Å². The molecule has 3 aliphatic rings. The third-order valence-electron chi connectivity index (χ3n) is 10.4. The molecule has 1 atom stereocenters. The topological polar surface area (TPSA) is 85.6 Å². The van der Waals surface area contributed by atoms with Gasteiger partial charge in [-0.25, -0.2) is 17.6 Å². The van der Waals surface area contributed by atoms with Crippen molar-refractivity contribution in [2.75, 3.05) is 44.2 Å². The lowest BCUT2D eigenvalue weighted by molar-refractivity contribution is -0.131. The normalized spacial score (nSPS) is 19.0. The number of piperazine rings is 1. The molecule has 254 valence electrons. The van der Waals surface area contributed by atoms with Crippen molar-refractivity contribution < 1.29 is 27.1 Å². The average molecular weight is 673 g/mol. The van der Waals surface area contributed by atoms with E-state index in [0.717, 1.165) is 38.8 Å². The van der Waals surface area contributed by atoms with Crippen molar-refractivity contribution in [3.63, 3.8) is 0 Å². The average Bonchev–Trinajstić information content (AvgIpc) is 3.68. The number of anilines is 1. The summed E-state index contributed by atoms with van der Waals surface area (Å²) in [6, 6.07) is 10.4. The predicted molar refractivity (Wildman–Crippen MR) is 178 cm³/mol. The highest BCUT2D eigenvalue weighted by molar-refractivity contribution is 6.02. The summed E-state index contributed by atoms with van der Waals surface area (Å²) in [6.07, 6.45) is 4.22. The van der Waals surface area contributed by atoms with Crippen molar-refractivity contribution in [1.82, 2.24) is 19.8 Å². The SMILES string of the molecule is C=C(F)C(=O)N1CCN(c2nc(OCC34CCCN3CCC4)nc3c(F)c(-c4cccc5ccc(F)c(CC)c45)c(F)cc23)C[C@@H]1CC#N. The van der Waals surface area contributed by atoms with Gasteiger partial charge in [0.2, 0.25) is 0 Å². The fraction of sp³-hybridized carbons (Fsp3) is 0.405. The highest BCUT2D eigenvalue weighted by Crippen LogP contribution is 2.42. The molecule has 4 heterocycles. The minimum Gasteiger partial charge on any atom is -0.461 e. The number of carbonyl (C=O) groups excluding carboxylic acids is 1. The molecular weight excluding hydrogens is 636 g/mol. The number of aryl methyl sites for hydroxylation is 1. The molecule has 3 aromatic carbocycles. The van der Waals surface area contributed by atoms with Crippen LogP contribution in [0.25, 0.3) is 32.8 Å². The third-order valence-corrected chi connectivity index (χ3v) is 10.4. The molecule has 0 N–H and O–H groups in total. The van der Waals surface area contributed by atoms with E-state index in [-0.39, 0.29) is 65.5 Å². The van der Waals surface area contributed by atoms with Crippen LogP contribution in [0.15, 0.2) is 48.8 Å². The molecular formula is C37H36F4N6O2. The second-order valence-corrected chi connectivity index (χ2v) is 13.1. The Balaban J connectivity index is 1.37. The highest BCUT2D eigenvalue weighted by Gasteiger charge is 2.45. The van der Waals surface area contributed by atoms with Crippen LogP contribution in [0.2, 0.25) is 0 Å². The Hall–Kier alpha value is -4.76. The van der Waals surface area contributed by atoms with Gasteiger partial charge in [0.1, 0.15) is 29.6 Å². The molecule has 3 saturated heterocycles. The molecule has 12 heteroatoms. The van der Waals surface area contributed by atoms with Crippen molar-refractivity contribution in [1.29, 1.82) is 5.26 Å². The van der Waals surface area contributed by atoms with E-state index in [1.54, 1.807) is 36.1 Å². The summed E-state index contributed by atoms with van der Waals surface area (Å²) in [5, 5.41) is 10.7. The molecule has 3 aliphatic heterocycles. The lowest BCUT2D eigenvalue weighted by Crippen LogP contribution is -2.55. The largest absolute Gasteiger partial charge is 0.461 e. The maximum absolute atomic E-state index is 17.0. The van der Waals surface area contributed by atoms with E-state index in [1.807, 2.05) is 6.07 Å². The standard InChI is InChI=1S/C37H36F4N6O2/c1-3-25-28(39)10-9-23-7-4-8-26(30(23)25)31-29(40)19-27-33(32(31)41)43-36(49-21-37-12-5-15-46(37)16-6-13-37)44-34(27)45-17-18-47(35(48)22(2)38)24(20-45)11-14-42/h4,7-10,19,24H,2-3,5-6,11-13,15-18,20-21H2,1H3/t24-/m0/s1. The predicted octanol–water partition coefficient (Wildman–Crippen LogP) is 6.85. The van der Waals surface area contributed by atoms with Gasteiger partial charge in [0.05, 0.1) is 29.6 Å². The van der Waals surface area contributed by atoms with Gasteiger partial charge >= 0.3 is 6.01 Å². The van der Waals surface area contributed by atoms with Gasteiger partial charge in [-0.1, -0.05) is 37.8 Å². The number of rotatable bonds is 8. The number of benzene rings is 3. The summed E-state index contributed by atoms with van der Waals surface area (Å²) < 4.78 is 68.5. The van der Waals surface area contributed by atoms with Crippen LogP contribution in [0.3, 0.4) is 0 Å². The van der Waals surface area contributed by atoms with Crippen LogP contribution in [0, 0.1) is 28.8 Å². The van der Waals surface area contributed by atoms with Crippen LogP contribution in [0.5, 0.6) is 6.01 Å². The van der Waals surface area contributed by atoms with E-state index in [1.165, 1.54) is 17.0 Å². The van der Waals surface area contributed by atoms with Gasteiger partial charge in [0, 0.05) is 25.0 Å². The highest BCUT2D eigenvalue weighted by atomic mass is 19.1. The molecule has 0 spiro atoms. The molecule has 4 aromatic rings. The van der Waals surface area contributed by atoms with Gasteiger partial charge in [0.15, 0.2) is 11.6 Å². The van der Waals surface area contributed by atoms with Crippen LogP contribution >= 0.6 is 0 Å². The molecule has 1 aromatic heterocycles. The fourth-order valence-corrected chi connectivity index (χ4v) is 8.11. The summed E-state index contributed by atoms with van der Waals surface area (Å²) in [5.74, 6) is -4.16. The monoisotopic (exact) mass is 672 g/mol. The first-order valence-electron chi connectivity index (χ1n) is 16.7. The first-order valence-corrected chi connectivity index (χ1v) is 16.7. The Kier molecular flexibility index (Phi) is 8.65. The molecule has 1 amide bonds. The van der Waals surface area contributed by atoms with E-state index >= 15 is 8.78 Å². The zero-order chi connectivity index (χ0) is 34.4. The van der Waals surface area contributed by atoms with Crippen LogP contribution in [-0.2, 0) is 11.2 Å². The van der Waals surface area contributed by atoms with E-state index in [9.17, 15) is 18.8 Å². The van der Waals surface area contributed by atoms with E-state index in [0.29, 0.717) is 29.4 Å². The maximum atomic E-state index is 17.0. The number of fused-ring (bicyclic) bond motifs is 3. The number of nitrogens with zero attached hydrogens (tertiary/aromatic N) is 6. The van der Waals surface area contributed by atoms with Gasteiger partial charge in [-0.2, -0.15) is 15.2 Å². The van der Waals surface area contributed by atoms with Crippen molar-refractivity contribution in [2.24, 2.45) is 0 Å². The maximum Gasteiger partial charge on any atom is 0.319 e. The Morgan fingerprint density at radius 1 is 1.08 bits per heavy atom. The smallest absolute Gasteiger partial charge is 0.319 e. The molecule has 0 aliphatic carbocycles. The van der Waals surface area contributed by atoms with Crippen LogP contribution in [-0.4, -0.2) is 76.6 Å². The number of aromatic nitrogens is 2. The Labute approximate surface area is 281 Å². The summed E-state index contributed by atoms with van der Waals surface area (Å²) in [5.41, 5.74) is -0.129. The molecule has 0 saturated carbocycles. The van der Waals surface area contributed by atoms with Crippen molar-refractivity contribution in [3.05, 3.63) is 71.8 Å². The quantitative estimate of drug-likeness (QED) is 0.150. The number of carbonyl (C=O) groups is 1.